The number of halogens is 1. The van der Waals surface area contributed by atoms with Crippen molar-refractivity contribution in [1.82, 2.24) is 9.88 Å². The van der Waals surface area contributed by atoms with Crippen molar-refractivity contribution in [2.75, 3.05) is 7.05 Å². The Morgan fingerprint density at radius 3 is 2.90 bits per heavy atom. The maximum atomic E-state index is 12.3. The van der Waals surface area contributed by atoms with Crippen molar-refractivity contribution in [3.8, 4) is 0 Å². The van der Waals surface area contributed by atoms with E-state index in [2.05, 4.69) is 20.9 Å². The van der Waals surface area contributed by atoms with E-state index in [0.717, 1.165) is 5.69 Å². The topological polar surface area (TPSA) is 76.3 Å². The van der Waals surface area contributed by atoms with Crippen LogP contribution in [0.2, 0.25) is 0 Å². The number of nitro groups is 1. The monoisotopic (exact) mass is 355 g/mol. The Balaban J connectivity index is 2.23. The van der Waals surface area contributed by atoms with Crippen LogP contribution in [0.5, 0.6) is 0 Å². The number of carbonyl (C=O) groups is 1. The van der Waals surface area contributed by atoms with Crippen molar-refractivity contribution in [1.29, 1.82) is 0 Å². The molecule has 8 heteroatoms. The average Bonchev–Trinajstić information content (AvgIpc) is 2.91. The molecule has 0 radical (unpaired) electrons. The summed E-state index contributed by atoms with van der Waals surface area (Å²) in [4.78, 5) is 28.1. The Kier molecular flexibility index (Phi) is 4.46. The molecule has 2 aromatic rings. The largest absolute Gasteiger partial charge is 0.336 e. The van der Waals surface area contributed by atoms with E-state index in [4.69, 9.17) is 0 Å². The van der Waals surface area contributed by atoms with Gasteiger partial charge in [0.1, 0.15) is 0 Å². The Morgan fingerprint density at radius 2 is 2.30 bits per heavy atom. The lowest BCUT2D eigenvalue weighted by atomic mass is 10.2. The highest BCUT2D eigenvalue weighted by molar-refractivity contribution is 9.10. The van der Waals surface area contributed by atoms with Crippen LogP contribution in [0.15, 0.2) is 33.6 Å². The summed E-state index contributed by atoms with van der Waals surface area (Å²) >= 11 is 4.69. The number of nitrogens with zero attached hydrogens (tertiary/aromatic N) is 3. The number of hydrogen-bond donors (Lipinski definition) is 0. The molecular formula is C12H10BrN3O3S. The van der Waals surface area contributed by atoms with Crippen LogP contribution in [0, 0.1) is 10.1 Å². The minimum absolute atomic E-state index is 0.112. The fraction of sp³-hybridized carbons (Fsp3) is 0.167. The van der Waals surface area contributed by atoms with Crippen molar-refractivity contribution < 1.29 is 9.72 Å². The van der Waals surface area contributed by atoms with Gasteiger partial charge < -0.3 is 4.90 Å². The summed E-state index contributed by atoms with van der Waals surface area (Å²) in [5.41, 5.74) is 2.62. The second-order valence-electron chi connectivity index (χ2n) is 4.06. The van der Waals surface area contributed by atoms with E-state index in [1.165, 1.54) is 34.4 Å². The molecule has 2 rings (SSSR count). The van der Waals surface area contributed by atoms with E-state index in [9.17, 15) is 14.9 Å². The zero-order valence-corrected chi connectivity index (χ0v) is 12.8. The lowest BCUT2D eigenvalue weighted by Gasteiger charge is -2.16. The third-order valence-electron chi connectivity index (χ3n) is 2.62. The van der Waals surface area contributed by atoms with E-state index in [1.807, 2.05) is 5.38 Å². The second kappa shape index (κ2) is 6.10. The van der Waals surface area contributed by atoms with Gasteiger partial charge in [0.2, 0.25) is 0 Å². The first kappa shape index (κ1) is 14.6. The van der Waals surface area contributed by atoms with Crippen LogP contribution in [-0.4, -0.2) is 27.8 Å². The van der Waals surface area contributed by atoms with Crippen molar-refractivity contribution in [3.05, 3.63) is 54.9 Å². The predicted octanol–water partition coefficient (Wildman–Crippen LogP) is 3.09. The van der Waals surface area contributed by atoms with Crippen molar-refractivity contribution in [2.45, 2.75) is 6.54 Å². The van der Waals surface area contributed by atoms with Gasteiger partial charge in [0.15, 0.2) is 0 Å². The molecule has 0 fully saturated rings. The van der Waals surface area contributed by atoms with Gasteiger partial charge in [-0.2, -0.15) is 0 Å². The number of benzene rings is 1. The molecule has 0 saturated carbocycles. The fourth-order valence-corrected chi connectivity index (χ4v) is 2.59. The van der Waals surface area contributed by atoms with Gasteiger partial charge in [0.25, 0.3) is 11.6 Å². The molecule has 0 atom stereocenters. The Labute approximate surface area is 127 Å². The Bertz CT molecular complexity index is 645. The number of aromatic nitrogens is 1. The van der Waals surface area contributed by atoms with Gasteiger partial charge in [-0.3, -0.25) is 14.9 Å². The van der Waals surface area contributed by atoms with Crippen LogP contribution in [0.4, 0.5) is 5.69 Å². The van der Waals surface area contributed by atoms with Gasteiger partial charge in [-0.25, -0.2) is 4.98 Å². The normalized spacial score (nSPS) is 10.3. The smallest absolute Gasteiger partial charge is 0.270 e. The van der Waals surface area contributed by atoms with Gasteiger partial charge in [0, 0.05) is 29.0 Å². The molecule has 1 aromatic heterocycles. The van der Waals surface area contributed by atoms with E-state index in [-0.39, 0.29) is 17.2 Å². The van der Waals surface area contributed by atoms with Gasteiger partial charge in [-0.1, -0.05) is 0 Å². The summed E-state index contributed by atoms with van der Waals surface area (Å²) in [6.45, 7) is 0.359. The molecule has 1 aromatic carbocycles. The summed E-state index contributed by atoms with van der Waals surface area (Å²) in [5, 5.41) is 12.6. The molecule has 0 aliphatic carbocycles. The molecule has 0 N–H and O–H groups in total. The van der Waals surface area contributed by atoms with E-state index < -0.39 is 4.92 Å². The molecule has 20 heavy (non-hydrogen) atoms. The average molecular weight is 356 g/mol. The number of non-ortho nitro benzene ring substituents is 1. The number of carbonyl (C=O) groups excluding carboxylic acids is 1. The number of amides is 1. The summed E-state index contributed by atoms with van der Waals surface area (Å²) in [7, 11) is 1.63. The molecule has 0 saturated heterocycles. The standard InChI is InChI=1S/C12H10BrN3O3S/c1-15(5-8-6-20-7-14-8)12(17)10-4-9(16(18)19)2-3-11(10)13/h2-4,6-7H,5H2,1H3. The predicted molar refractivity (Wildman–Crippen MR) is 78.7 cm³/mol. The lowest BCUT2D eigenvalue weighted by molar-refractivity contribution is -0.384. The third-order valence-corrected chi connectivity index (χ3v) is 3.95. The van der Waals surface area contributed by atoms with Crippen molar-refractivity contribution in [2.24, 2.45) is 0 Å². The van der Waals surface area contributed by atoms with Crippen LogP contribution in [0.25, 0.3) is 0 Å². The number of nitro benzene ring substituents is 1. The summed E-state index contributed by atoms with van der Waals surface area (Å²) in [6, 6.07) is 4.12. The SMILES string of the molecule is CN(Cc1cscn1)C(=O)c1cc([N+](=O)[O-])ccc1Br. The highest BCUT2D eigenvalue weighted by Crippen LogP contribution is 2.24. The van der Waals surface area contributed by atoms with Crippen LogP contribution >= 0.6 is 27.3 Å². The Hall–Kier alpha value is -1.80. The zero-order chi connectivity index (χ0) is 14.7. The first-order valence-electron chi connectivity index (χ1n) is 5.55. The molecule has 6 nitrogen and oxygen atoms in total. The second-order valence-corrected chi connectivity index (χ2v) is 5.64. The first-order chi connectivity index (χ1) is 9.49. The van der Waals surface area contributed by atoms with Crippen molar-refractivity contribution in [3.63, 3.8) is 0 Å². The highest BCUT2D eigenvalue weighted by Gasteiger charge is 2.19. The number of rotatable bonds is 4. The van der Waals surface area contributed by atoms with E-state index >= 15 is 0 Å². The number of hydrogen-bond acceptors (Lipinski definition) is 5. The molecule has 0 aliphatic heterocycles. The summed E-state index contributed by atoms with van der Waals surface area (Å²) < 4.78 is 0.526. The van der Waals surface area contributed by atoms with Crippen molar-refractivity contribution >= 4 is 38.9 Å². The van der Waals surface area contributed by atoms with Crippen LogP contribution in [0.3, 0.4) is 0 Å². The molecule has 104 valence electrons. The quantitative estimate of drug-likeness (QED) is 0.623. The highest BCUT2D eigenvalue weighted by atomic mass is 79.9. The van der Waals surface area contributed by atoms with Gasteiger partial charge in [-0.15, -0.1) is 11.3 Å². The lowest BCUT2D eigenvalue weighted by Crippen LogP contribution is -2.26. The third kappa shape index (κ3) is 3.20. The fourth-order valence-electron chi connectivity index (χ4n) is 1.63. The summed E-state index contributed by atoms with van der Waals surface area (Å²) in [6.07, 6.45) is 0. The minimum atomic E-state index is -0.524. The maximum absolute atomic E-state index is 12.3. The molecule has 1 heterocycles. The molecule has 0 unspecified atom stereocenters. The van der Waals surface area contributed by atoms with Crippen LogP contribution in [0.1, 0.15) is 16.1 Å². The zero-order valence-electron chi connectivity index (χ0n) is 10.4. The molecular weight excluding hydrogens is 346 g/mol. The van der Waals surface area contributed by atoms with E-state index in [1.54, 1.807) is 12.6 Å². The molecule has 0 spiro atoms. The number of thiazole rings is 1. The Morgan fingerprint density at radius 1 is 1.55 bits per heavy atom. The summed E-state index contributed by atoms with van der Waals surface area (Å²) in [5.74, 6) is -0.298. The first-order valence-corrected chi connectivity index (χ1v) is 7.29. The van der Waals surface area contributed by atoms with Crippen LogP contribution < -0.4 is 0 Å². The molecule has 0 aliphatic rings. The van der Waals surface area contributed by atoms with Crippen LogP contribution in [-0.2, 0) is 6.54 Å². The van der Waals surface area contributed by atoms with E-state index in [0.29, 0.717) is 11.0 Å². The van der Waals surface area contributed by atoms with Gasteiger partial charge in [-0.05, 0) is 22.0 Å². The van der Waals surface area contributed by atoms with Gasteiger partial charge in [0.05, 0.1) is 28.2 Å². The van der Waals surface area contributed by atoms with Gasteiger partial charge >= 0.3 is 0 Å². The maximum Gasteiger partial charge on any atom is 0.270 e. The minimum Gasteiger partial charge on any atom is -0.336 e. The molecule has 1 amide bonds. The molecule has 0 bridgehead atoms.